The predicted molar refractivity (Wildman–Crippen MR) is 78.1 cm³/mol. The van der Waals surface area contributed by atoms with Crippen molar-refractivity contribution >= 4 is 37.6 Å². The molecule has 6 heteroatoms. The van der Waals surface area contributed by atoms with Crippen molar-refractivity contribution in [3.63, 3.8) is 0 Å². The van der Waals surface area contributed by atoms with Gasteiger partial charge in [0.15, 0.2) is 5.75 Å². The van der Waals surface area contributed by atoms with Crippen molar-refractivity contribution in [2.24, 2.45) is 0 Å². The Morgan fingerprint density at radius 1 is 1.11 bits per heavy atom. The predicted octanol–water partition coefficient (Wildman–Crippen LogP) is 4.18. The highest BCUT2D eigenvalue weighted by atomic mass is 79.9. The van der Waals surface area contributed by atoms with Gasteiger partial charge in [-0.05, 0) is 37.3 Å². The van der Waals surface area contributed by atoms with Gasteiger partial charge in [0.2, 0.25) is 0 Å². The minimum Gasteiger partial charge on any atom is -0.377 e. The molecule has 0 fully saturated rings. The molecule has 3 nitrogen and oxygen atoms in total. The summed E-state index contributed by atoms with van der Waals surface area (Å²) in [6.45, 7) is 1.88. The lowest BCUT2D eigenvalue weighted by molar-refractivity contribution is 0.486. The van der Waals surface area contributed by atoms with Gasteiger partial charge in [0.1, 0.15) is 4.90 Å². The second-order valence-electron chi connectivity index (χ2n) is 3.93. The zero-order valence-corrected chi connectivity index (χ0v) is 13.1. The van der Waals surface area contributed by atoms with E-state index in [4.69, 9.17) is 15.8 Å². The molecule has 2 aromatic carbocycles. The summed E-state index contributed by atoms with van der Waals surface area (Å²) in [5, 5.41) is 0.235. The van der Waals surface area contributed by atoms with E-state index in [2.05, 4.69) is 15.9 Å². The zero-order valence-electron chi connectivity index (χ0n) is 9.93. The van der Waals surface area contributed by atoms with E-state index in [-0.39, 0.29) is 15.7 Å². The summed E-state index contributed by atoms with van der Waals surface area (Å²) in [5.41, 5.74) is 0.972. The molecule has 19 heavy (non-hydrogen) atoms. The number of halogens is 2. The minimum atomic E-state index is -3.87. The molecule has 0 saturated heterocycles. The highest BCUT2D eigenvalue weighted by Crippen LogP contribution is 2.30. The molecule has 0 atom stereocenters. The van der Waals surface area contributed by atoms with E-state index in [1.807, 2.05) is 6.92 Å². The van der Waals surface area contributed by atoms with Crippen LogP contribution in [-0.2, 0) is 10.1 Å². The average Bonchev–Trinajstić information content (AvgIpc) is 2.34. The molecule has 0 amide bonds. The van der Waals surface area contributed by atoms with Gasteiger partial charge in [0.25, 0.3) is 0 Å². The molecule has 0 spiro atoms. The fraction of sp³-hybridized carbons (Fsp3) is 0.0769. The van der Waals surface area contributed by atoms with Gasteiger partial charge in [-0.2, -0.15) is 8.42 Å². The normalized spacial score (nSPS) is 11.3. The third-order valence-corrected chi connectivity index (χ3v) is 4.46. The van der Waals surface area contributed by atoms with Gasteiger partial charge in [-0.3, -0.25) is 0 Å². The van der Waals surface area contributed by atoms with E-state index >= 15 is 0 Å². The van der Waals surface area contributed by atoms with Crippen LogP contribution in [0.1, 0.15) is 5.56 Å². The second kappa shape index (κ2) is 5.53. The fourth-order valence-electron chi connectivity index (χ4n) is 1.41. The summed E-state index contributed by atoms with van der Waals surface area (Å²) in [7, 11) is -3.87. The quantitative estimate of drug-likeness (QED) is 0.770. The molecule has 0 heterocycles. The Labute approximate surface area is 125 Å². The molecule has 0 bridgehead atoms. The van der Waals surface area contributed by atoms with E-state index in [1.54, 1.807) is 24.3 Å². The molecule has 0 aliphatic heterocycles. The van der Waals surface area contributed by atoms with Crippen molar-refractivity contribution in [1.82, 2.24) is 0 Å². The first-order chi connectivity index (χ1) is 8.88. The lowest BCUT2D eigenvalue weighted by Gasteiger charge is -2.09. The highest BCUT2D eigenvalue weighted by Gasteiger charge is 2.18. The maximum absolute atomic E-state index is 12.1. The first-order valence-electron chi connectivity index (χ1n) is 5.35. The van der Waals surface area contributed by atoms with Crippen molar-refractivity contribution in [3.05, 3.63) is 57.5 Å². The SMILES string of the molecule is Cc1ccc(S(=O)(=O)Oc2cc(Br)ccc2Cl)cc1. The van der Waals surface area contributed by atoms with Crippen LogP contribution in [0.5, 0.6) is 5.75 Å². The van der Waals surface area contributed by atoms with E-state index in [0.717, 1.165) is 5.56 Å². The number of aryl methyl sites for hydroxylation is 1. The fourth-order valence-corrected chi connectivity index (χ4v) is 2.89. The molecule has 100 valence electrons. The van der Waals surface area contributed by atoms with Crippen LogP contribution in [0.3, 0.4) is 0 Å². The van der Waals surface area contributed by atoms with Crippen LogP contribution >= 0.6 is 27.5 Å². The average molecular weight is 362 g/mol. The lowest BCUT2D eigenvalue weighted by atomic mass is 10.2. The van der Waals surface area contributed by atoms with Gasteiger partial charge in [-0.1, -0.05) is 45.2 Å². The monoisotopic (exact) mass is 360 g/mol. The second-order valence-corrected chi connectivity index (χ2v) is 6.79. The zero-order chi connectivity index (χ0) is 14.0. The van der Waals surface area contributed by atoms with E-state index in [9.17, 15) is 8.42 Å². The molecule has 2 aromatic rings. The summed E-state index contributed by atoms with van der Waals surface area (Å²) >= 11 is 9.14. The third kappa shape index (κ3) is 3.49. The van der Waals surface area contributed by atoms with Crippen LogP contribution in [0.2, 0.25) is 5.02 Å². The standard InChI is InChI=1S/C13H10BrClO3S/c1-9-2-5-11(6-3-9)19(16,17)18-13-8-10(14)4-7-12(13)15/h2-8H,1H3. The van der Waals surface area contributed by atoms with E-state index < -0.39 is 10.1 Å². The summed E-state index contributed by atoms with van der Waals surface area (Å²) in [6.07, 6.45) is 0. The molecule has 0 aromatic heterocycles. The molecular formula is C13H10BrClO3S. The van der Waals surface area contributed by atoms with Gasteiger partial charge >= 0.3 is 10.1 Å². The largest absolute Gasteiger partial charge is 0.377 e. The van der Waals surface area contributed by atoms with Crippen LogP contribution < -0.4 is 4.18 Å². The van der Waals surface area contributed by atoms with Crippen LogP contribution in [-0.4, -0.2) is 8.42 Å². The number of benzene rings is 2. The van der Waals surface area contributed by atoms with Crippen molar-refractivity contribution in [2.45, 2.75) is 11.8 Å². The van der Waals surface area contributed by atoms with Crippen molar-refractivity contribution < 1.29 is 12.6 Å². The number of hydrogen-bond donors (Lipinski definition) is 0. The molecule has 0 unspecified atom stereocenters. The number of rotatable bonds is 3. The van der Waals surface area contributed by atoms with Crippen molar-refractivity contribution in [3.8, 4) is 5.75 Å². The van der Waals surface area contributed by atoms with E-state index in [1.165, 1.54) is 18.2 Å². The Balaban J connectivity index is 2.36. The first-order valence-corrected chi connectivity index (χ1v) is 7.92. The summed E-state index contributed by atoms with van der Waals surface area (Å²) in [6, 6.07) is 11.2. The lowest BCUT2D eigenvalue weighted by Crippen LogP contribution is -2.10. The molecule has 0 aliphatic rings. The van der Waals surface area contributed by atoms with Gasteiger partial charge in [0, 0.05) is 4.47 Å². The molecule has 2 rings (SSSR count). The number of hydrogen-bond acceptors (Lipinski definition) is 3. The maximum Gasteiger partial charge on any atom is 0.339 e. The Kier molecular flexibility index (Phi) is 4.18. The van der Waals surface area contributed by atoms with Crippen LogP contribution in [0, 0.1) is 6.92 Å². The summed E-state index contributed by atoms with van der Waals surface area (Å²) in [4.78, 5) is 0.0918. The smallest absolute Gasteiger partial charge is 0.339 e. The molecule has 0 aliphatic carbocycles. The van der Waals surface area contributed by atoms with Gasteiger partial charge in [0.05, 0.1) is 5.02 Å². The molecule has 0 saturated carbocycles. The van der Waals surface area contributed by atoms with Gasteiger partial charge < -0.3 is 4.18 Å². The molecule has 0 radical (unpaired) electrons. The Hall–Kier alpha value is -1.04. The van der Waals surface area contributed by atoms with Crippen LogP contribution in [0.4, 0.5) is 0 Å². The molecular weight excluding hydrogens is 352 g/mol. The third-order valence-electron chi connectivity index (χ3n) is 2.40. The summed E-state index contributed by atoms with van der Waals surface area (Å²) in [5.74, 6) is 0.0941. The Morgan fingerprint density at radius 2 is 1.74 bits per heavy atom. The topological polar surface area (TPSA) is 43.4 Å². The van der Waals surface area contributed by atoms with Crippen LogP contribution in [0.25, 0.3) is 0 Å². The van der Waals surface area contributed by atoms with Crippen LogP contribution in [0.15, 0.2) is 51.8 Å². The first kappa shape index (κ1) is 14.4. The molecule has 0 N–H and O–H groups in total. The van der Waals surface area contributed by atoms with Gasteiger partial charge in [-0.15, -0.1) is 0 Å². The highest BCUT2D eigenvalue weighted by molar-refractivity contribution is 9.10. The maximum atomic E-state index is 12.1. The minimum absolute atomic E-state index is 0.0918. The summed E-state index contributed by atoms with van der Waals surface area (Å²) < 4.78 is 29.9. The van der Waals surface area contributed by atoms with Gasteiger partial charge in [-0.25, -0.2) is 0 Å². The Morgan fingerprint density at radius 3 is 2.37 bits per heavy atom. The Bertz CT molecular complexity index is 696. The van der Waals surface area contributed by atoms with E-state index in [0.29, 0.717) is 4.47 Å². The van der Waals surface area contributed by atoms with Crippen molar-refractivity contribution in [1.29, 1.82) is 0 Å². The van der Waals surface area contributed by atoms with Crippen molar-refractivity contribution in [2.75, 3.05) is 0 Å².